The molecule has 0 amide bonds. The van der Waals surface area contributed by atoms with E-state index < -0.39 is 0 Å². The van der Waals surface area contributed by atoms with E-state index in [1.807, 2.05) is 26.0 Å². The maximum atomic E-state index is 9.57. The van der Waals surface area contributed by atoms with E-state index in [2.05, 4.69) is 0 Å². The molecule has 0 aromatic heterocycles. The quantitative estimate of drug-likeness (QED) is 0.704. The first-order valence-electron chi connectivity index (χ1n) is 4.93. The minimum absolute atomic E-state index is 0.230. The highest BCUT2D eigenvalue weighted by Gasteiger charge is 2.18. The van der Waals surface area contributed by atoms with Crippen LogP contribution in [-0.2, 0) is 0 Å². The van der Waals surface area contributed by atoms with E-state index in [0.29, 0.717) is 12.2 Å². The molecule has 1 aromatic carbocycles. The van der Waals surface area contributed by atoms with Crippen molar-refractivity contribution in [1.29, 1.82) is 0 Å². The van der Waals surface area contributed by atoms with Crippen LogP contribution in [0, 0.1) is 5.41 Å². The minimum atomic E-state index is -0.248. The number of phenols is 1. The van der Waals surface area contributed by atoms with Crippen LogP contribution >= 0.6 is 0 Å². The maximum Gasteiger partial charge on any atom is 0.122 e. The number of aromatic hydroxyl groups is 1. The molecule has 0 heterocycles. The number of benzene rings is 1. The first-order valence-corrected chi connectivity index (χ1v) is 4.93. The van der Waals surface area contributed by atoms with Crippen LogP contribution in [-0.4, -0.2) is 11.7 Å². The molecule has 0 saturated carbocycles. The van der Waals surface area contributed by atoms with E-state index in [0.717, 1.165) is 5.56 Å². The Morgan fingerprint density at radius 3 is 2.53 bits per heavy atom. The van der Waals surface area contributed by atoms with Crippen LogP contribution in [0.3, 0.4) is 0 Å². The molecule has 5 N–H and O–H groups in total. The standard InChI is InChI=1S/C12H18N2O/c1-12(2,8-13)11(14)7-9-5-3-4-6-10(9)15/h3-7,15H,8,13-14H2,1-2H3. The van der Waals surface area contributed by atoms with Crippen LogP contribution in [0.2, 0.25) is 0 Å². The SMILES string of the molecule is CC(C)(CN)C(N)=Cc1ccccc1O. The average molecular weight is 206 g/mol. The molecule has 3 nitrogen and oxygen atoms in total. The van der Waals surface area contributed by atoms with Crippen LogP contribution < -0.4 is 11.5 Å². The predicted molar refractivity (Wildman–Crippen MR) is 63.1 cm³/mol. The molecule has 0 bridgehead atoms. The molecule has 0 aliphatic carbocycles. The number of hydrogen-bond donors (Lipinski definition) is 3. The molecule has 15 heavy (non-hydrogen) atoms. The van der Waals surface area contributed by atoms with Crippen molar-refractivity contribution in [3.63, 3.8) is 0 Å². The van der Waals surface area contributed by atoms with Crippen molar-refractivity contribution in [2.24, 2.45) is 16.9 Å². The van der Waals surface area contributed by atoms with E-state index in [9.17, 15) is 5.11 Å². The number of phenolic OH excluding ortho intramolecular Hbond substituents is 1. The molecule has 0 aliphatic heterocycles. The zero-order valence-electron chi connectivity index (χ0n) is 9.20. The molecular formula is C12H18N2O. The van der Waals surface area contributed by atoms with Crippen molar-refractivity contribution < 1.29 is 5.11 Å². The second kappa shape index (κ2) is 4.36. The smallest absolute Gasteiger partial charge is 0.122 e. The van der Waals surface area contributed by atoms with Crippen LogP contribution in [0.4, 0.5) is 0 Å². The molecule has 0 aliphatic rings. The van der Waals surface area contributed by atoms with E-state index >= 15 is 0 Å². The van der Waals surface area contributed by atoms with Crippen molar-refractivity contribution in [3.05, 3.63) is 35.5 Å². The molecule has 0 radical (unpaired) electrons. The summed E-state index contributed by atoms with van der Waals surface area (Å²) in [6.07, 6.45) is 1.77. The Morgan fingerprint density at radius 2 is 2.00 bits per heavy atom. The summed E-state index contributed by atoms with van der Waals surface area (Å²) in [5.74, 6) is 0.230. The molecule has 82 valence electrons. The van der Waals surface area contributed by atoms with Gasteiger partial charge in [-0.25, -0.2) is 0 Å². The van der Waals surface area contributed by atoms with Crippen molar-refractivity contribution in [3.8, 4) is 5.75 Å². The summed E-state index contributed by atoms with van der Waals surface area (Å²) in [6.45, 7) is 4.42. The van der Waals surface area contributed by atoms with Gasteiger partial charge in [0.1, 0.15) is 5.75 Å². The van der Waals surface area contributed by atoms with E-state index in [-0.39, 0.29) is 11.2 Å². The summed E-state index contributed by atoms with van der Waals surface area (Å²) in [4.78, 5) is 0. The van der Waals surface area contributed by atoms with Gasteiger partial charge in [0.2, 0.25) is 0 Å². The van der Waals surface area contributed by atoms with Crippen molar-refractivity contribution in [2.75, 3.05) is 6.54 Å². The first kappa shape index (κ1) is 11.6. The van der Waals surface area contributed by atoms with Gasteiger partial charge in [-0.2, -0.15) is 0 Å². The lowest BCUT2D eigenvalue weighted by atomic mass is 9.88. The third-order valence-electron chi connectivity index (χ3n) is 2.54. The van der Waals surface area contributed by atoms with Gasteiger partial charge in [-0.1, -0.05) is 32.0 Å². The van der Waals surface area contributed by atoms with Crippen molar-refractivity contribution in [2.45, 2.75) is 13.8 Å². The fourth-order valence-electron chi connectivity index (χ4n) is 1.09. The molecule has 0 unspecified atom stereocenters. The predicted octanol–water partition coefficient (Wildman–Crippen LogP) is 1.68. The zero-order chi connectivity index (χ0) is 11.5. The van der Waals surface area contributed by atoms with E-state index in [1.54, 1.807) is 18.2 Å². The van der Waals surface area contributed by atoms with Crippen molar-refractivity contribution >= 4 is 6.08 Å². The molecule has 0 fully saturated rings. The summed E-state index contributed by atoms with van der Waals surface area (Å²) in [7, 11) is 0. The number of para-hydroxylation sites is 1. The Bertz CT molecular complexity index is 370. The van der Waals surface area contributed by atoms with E-state index in [4.69, 9.17) is 11.5 Å². The van der Waals surface area contributed by atoms with Crippen LogP contribution in [0.1, 0.15) is 19.4 Å². The lowest BCUT2D eigenvalue weighted by Crippen LogP contribution is -2.29. The Morgan fingerprint density at radius 1 is 1.40 bits per heavy atom. The van der Waals surface area contributed by atoms with Crippen molar-refractivity contribution in [1.82, 2.24) is 0 Å². The molecular weight excluding hydrogens is 188 g/mol. The average Bonchev–Trinajstić information content (AvgIpc) is 2.21. The number of hydrogen-bond acceptors (Lipinski definition) is 3. The van der Waals surface area contributed by atoms with Crippen LogP contribution in [0.5, 0.6) is 5.75 Å². The fourth-order valence-corrected chi connectivity index (χ4v) is 1.09. The summed E-state index contributed by atoms with van der Waals surface area (Å²) >= 11 is 0. The van der Waals surface area contributed by atoms with Gasteiger partial charge in [-0.05, 0) is 12.1 Å². The summed E-state index contributed by atoms with van der Waals surface area (Å²) in [6, 6.07) is 7.08. The molecule has 0 atom stereocenters. The van der Waals surface area contributed by atoms with Crippen LogP contribution in [0.25, 0.3) is 6.08 Å². The Labute approximate surface area is 90.4 Å². The van der Waals surface area contributed by atoms with E-state index in [1.165, 1.54) is 0 Å². The van der Waals surface area contributed by atoms with Gasteiger partial charge >= 0.3 is 0 Å². The highest BCUT2D eigenvalue weighted by Crippen LogP contribution is 2.25. The lowest BCUT2D eigenvalue weighted by molar-refractivity contribution is 0.457. The minimum Gasteiger partial charge on any atom is -0.507 e. The van der Waals surface area contributed by atoms with Crippen LogP contribution in [0.15, 0.2) is 30.0 Å². The van der Waals surface area contributed by atoms with Gasteiger partial charge in [0.05, 0.1) is 0 Å². The second-order valence-corrected chi connectivity index (χ2v) is 4.25. The highest BCUT2D eigenvalue weighted by atomic mass is 16.3. The molecule has 0 saturated heterocycles. The third-order valence-corrected chi connectivity index (χ3v) is 2.54. The number of nitrogens with two attached hydrogens (primary N) is 2. The van der Waals surface area contributed by atoms with Gasteiger partial charge in [-0.15, -0.1) is 0 Å². The second-order valence-electron chi connectivity index (χ2n) is 4.25. The highest BCUT2D eigenvalue weighted by molar-refractivity contribution is 5.59. The Balaban J connectivity index is 3.03. The molecule has 1 aromatic rings. The summed E-state index contributed by atoms with van der Waals surface area (Å²) in [5.41, 5.74) is 12.7. The third kappa shape index (κ3) is 2.73. The monoisotopic (exact) mass is 206 g/mol. The van der Waals surface area contributed by atoms with Gasteiger partial charge in [0, 0.05) is 23.2 Å². The zero-order valence-corrected chi connectivity index (χ0v) is 9.20. The lowest BCUT2D eigenvalue weighted by Gasteiger charge is -2.23. The van der Waals surface area contributed by atoms with Gasteiger partial charge in [-0.3, -0.25) is 0 Å². The van der Waals surface area contributed by atoms with Gasteiger partial charge in [0.25, 0.3) is 0 Å². The fraction of sp³-hybridized carbons (Fsp3) is 0.333. The molecule has 0 spiro atoms. The van der Waals surface area contributed by atoms with Gasteiger partial charge in [0.15, 0.2) is 0 Å². The Hall–Kier alpha value is -1.48. The molecule has 3 heteroatoms. The number of rotatable bonds is 3. The first-order chi connectivity index (χ1) is 6.97. The Kier molecular flexibility index (Phi) is 3.37. The maximum absolute atomic E-state index is 9.57. The van der Waals surface area contributed by atoms with Gasteiger partial charge < -0.3 is 16.6 Å². The summed E-state index contributed by atoms with van der Waals surface area (Å²) in [5, 5.41) is 9.57. The summed E-state index contributed by atoms with van der Waals surface area (Å²) < 4.78 is 0. The largest absolute Gasteiger partial charge is 0.507 e. The topological polar surface area (TPSA) is 72.3 Å². The molecule has 1 rings (SSSR count). The normalized spacial score (nSPS) is 12.9.